The molecular weight excluding hydrogens is 331 g/mol. The van der Waals surface area contributed by atoms with Gasteiger partial charge in [-0.1, -0.05) is 58.4 Å². The van der Waals surface area contributed by atoms with E-state index in [0.717, 1.165) is 25.3 Å². The number of unbranched alkanes of at least 4 members (excludes halogenated alkanes) is 8. The van der Waals surface area contributed by atoms with Crippen LogP contribution in [0.5, 0.6) is 0 Å². The molecule has 0 radical (unpaired) electrons. The van der Waals surface area contributed by atoms with Crippen LogP contribution in [0.25, 0.3) is 0 Å². The molecule has 0 bridgehead atoms. The van der Waals surface area contributed by atoms with Gasteiger partial charge in [0.2, 0.25) is 0 Å². The van der Waals surface area contributed by atoms with Gasteiger partial charge in [0.25, 0.3) is 0 Å². The van der Waals surface area contributed by atoms with Crippen LogP contribution in [0.1, 0.15) is 71.1 Å². The van der Waals surface area contributed by atoms with Crippen molar-refractivity contribution in [3.05, 3.63) is 12.7 Å². The molecule has 24 heavy (non-hydrogen) atoms. The lowest BCUT2D eigenvalue weighted by Crippen LogP contribution is -2.04. The van der Waals surface area contributed by atoms with E-state index in [4.69, 9.17) is 13.8 Å². The summed E-state index contributed by atoms with van der Waals surface area (Å²) >= 11 is 0. The Morgan fingerprint density at radius 2 is 1.38 bits per heavy atom. The third-order valence-corrected chi connectivity index (χ3v) is 4.47. The number of hydrogen-bond acceptors (Lipinski definition) is 5. The highest BCUT2D eigenvalue weighted by Gasteiger charge is 2.19. The largest absolute Gasteiger partial charge is 0.472 e. The first kappa shape index (κ1) is 23.3. The summed E-state index contributed by atoms with van der Waals surface area (Å²) in [5.74, 6) is -0.475. The van der Waals surface area contributed by atoms with Gasteiger partial charge in [-0.2, -0.15) is 0 Å². The quantitative estimate of drug-likeness (QED) is 0.173. The third-order valence-electron chi connectivity index (χ3n) is 3.46. The Hall–Kier alpha value is -0.680. The molecule has 0 rings (SSSR count). The van der Waals surface area contributed by atoms with E-state index in [0.29, 0.717) is 12.8 Å². The van der Waals surface area contributed by atoms with Crippen LogP contribution >= 0.6 is 7.82 Å². The van der Waals surface area contributed by atoms with Crippen LogP contribution in [0.4, 0.5) is 0 Å². The minimum atomic E-state index is -3.96. The standard InChI is InChI=1S/C17H33O6P/c1-3-5-6-7-8-9-10-11-15-22-24(19,20)23-16-13-12-14-21-17(18)4-2/h4H,2-3,5-16H2,1H3,(H,19,20). The van der Waals surface area contributed by atoms with Crippen LogP contribution in [0.3, 0.4) is 0 Å². The maximum atomic E-state index is 11.6. The number of carbonyl (C=O) groups excluding carboxylic acids is 1. The molecule has 0 saturated heterocycles. The number of phosphoric acid groups is 1. The third kappa shape index (κ3) is 16.2. The highest BCUT2D eigenvalue weighted by molar-refractivity contribution is 7.47. The molecule has 0 aliphatic carbocycles. The molecule has 1 atom stereocenters. The van der Waals surface area contributed by atoms with Gasteiger partial charge in [-0.05, 0) is 19.3 Å². The minimum Gasteiger partial charge on any atom is -0.463 e. The van der Waals surface area contributed by atoms with Crippen LogP contribution in [-0.4, -0.2) is 30.7 Å². The zero-order chi connectivity index (χ0) is 18.1. The smallest absolute Gasteiger partial charge is 0.463 e. The van der Waals surface area contributed by atoms with Crippen LogP contribution in [0.15, 0.2) is 12.7 Å². The second-order valence-corrected chi connectivity index (χ2v) is 7.14. The first-order valence-electron chi connectivity index (χ1n) is 8.93. The van der Waals surface area contributed by atoms with Gasteiger partial charge in [-0.25, -0.2) is 9.36 Å². The number of carbonyl (C=O) groups is 1. The fraction of sp³-hybridized carbons (Fsp3) is 0.824. The second kappa shape index (κ2) is 15.8. The van der Waals surface area contributed by atoms with Gasteiger partial charge in [0, 0.05) is 6.08 Å². The van der Waals surface area contributed by atoms with E-state index in [1.165, 1.54) is 32.1 Å². The number of hydrogen-bond donors (Lipinski definition) is 1. The normalized spacial score (nSPS) is 13.4. The van der Waals surface area contributed by atoms with Gasteiger partial charge < -0.3 is 9.63 Å². The molecule has 0 aromatic carbocycles. The van der Waals surface area contributed by atoms with Gasteiger partial charge in [0.15, 0.2) is 0 Å². The summed E-state index contributed by atoms with van der Waals surface area (Å²) in [7, 11) is -3.96. The lowest BCUT2D eigenvalue weighted by atomic mass is 10.1. The Balaban J connectivity index is 3.43. The van der Waals surface area contributed by atoms with Crippen molar-refractivity contribution in [1.29, 1.82) is 0 Å². The molecule has 142 valence electrons. The van der Waals surface area contributed by atoms with Crippen LogP contribution < -0.4 is 0 Å². The SMILES string of the molecule is C=CC(=O)OCCCCOP(=O)(O)OCCCCCCCCCC. The molecule has 0 aliphatic rings. The monoisotopic (exact) mass is 364 g/mol. The fourth-order valence-corrected chi connectivity index (χ4v) is 2.86. The van der Waals surface area contributed by atoms with Crippen molar-refractivity contribution in [1.82, 2.24) is 0 Å². The van der Waals surface area contributed by atoms with E-state index in [-0.39, 0.29) is 19.8 Å². The predicted octanol–water partition coefficient (Wildman–Crippen LogP) is 4.77. The van der Waals surface area contributed by atoms with Crippen LogP contribution in [0, 0.1) is 0 Å². The molecule has 0 aliphatic heterocycles. The topological polar surface area (TPSA) is 82.1 Å². The van der Waals surface area contributed by atoms with E-state index in [1.807, 2.05) is 0 Å². The molecule has 0 aromatic rings. The summed E-state index contributed by atoms with van der Waals surface area (Å²) in [6.07, 6.45) is 11.4. The Morgan fingerprint density at radius 3 is 1.92 bits per heavy atom. The highest BCUT2D eigenvalue weighted by atomic mass is 31.2. The molecule has 0 amide bonds. The molecule has 0 saturated carbocycles. The first-order chi connectivity index (χ1) is 11.5. The molecular formula is C17H33O6P. The van der Waals surface area contributed by atoms with Crippen LogP contribution in [-0.2, 0) is 23.1 Å². The van der Waals surface area contributed by atoms with Gasteiger partial charge in [0.05, 0.1) is 19.8 Å². The zero-order valence-corrected chi connectivity index (χ0v) is 15.8. The van der Waals surface area contributed by atoms with E-state index in [1.54, 1.807) is 0 Å². The van der Waals surface area contributed by atoms with Gasteiger partial charge in [-0.15, -0.1) is 0 Å². The number of rotatable bonds is 17. The Labute approximate surface area is 146 Å². The van der Waals surface area contributed by atoms with Crippen molar-refractivity contribution < 1.29 is 28.0 Å². The molecule has 1 N–H and O–H groups in total. The van der Waals surface area contributed by atoms with E-state index in [9.17, 15) is 14.3 Å². The Morgan fingerprint density at radius 1 is 0.917 bits per heavy atom. The fourth-order valence-electron chi connectivity index (χ4n) is 2.07. The second-order valence-electron chi connectivity index (χ2n) is 5.69. The van der Waals surface area contributed by atoms with Crippen molar-refractivity contribution in [3.8, 4) is 0 Å². The summed E-state index contributed by atoms with van der Waals surface area (Å²) in [6.45, 7) is 6.05. The minimum absolute atomic E-state index is 0.0941. The van der Waals surface area contributed by atoms with Crippen LogP contribution in [0.2, 0.25) is 0 Å². The molecule has 6 nitrogen and oxygen atoms in total. The lowest BCUT2D eigenvalue weighted by Gasteiger charge is -2.12. The summed E-state index contributed by atoms with van der Waals surface area (Å²) in [4.78, 5) is 20.3. The highest BCUT2D eigenvalue weighted by Crippen LogP contribution is 2.43. The first-order valence-corrected chi connectivity index (χ1v) is 10.4. The zero-order valence-electron chi connectivity index (χ0n) is 14.9. The summed E-state index contributed by atoms with van der Waals surface area (Å²) in [6, 6.07) is 0. The Bertz CT molecular complexity index is 372. The molecule has 0 spiro atoms. The van der Waals surface area contributed by atoms with E-state index < -0.39 is 13.8 Å². The molecule has 7 heteroatoms. The van der Waals surface area contributed by atoms with Crippen molar-refractivity contribution in [2.24, 2.45) is 0 Å². The summed E-state index contributed by atoms with van der Waals surface area (Å²) in [5.41, 5.74) is 0. The summed E-state index contributed by atoms with van der Waals surface area (Å²) < 4.78 is 26.2. The molecule has 0 heterocycles. The van der Waals surface area contributed by atoms with Gasteiger partial charge in [0.1, 0.15) is 0 Å². The summed E-state index contributed by atoms with van der Waals surface area (Å²) in [5, 5.41) is 0. The average Bonchev–Trinajstić information content (AvgIpc) is 2.56. The maximum absolute atomic E-state index is 11.6. The number of phosphoric ester groups is 1. The number of ether oxygens (including phenoxy) is 1. The number of esters is 1. The average molecular weight is 364 g/mol. The van der Waals surface area contributed by atoms with Crippen molar-refractivity contribution in [2.75, 3.05) is 19.8 Å². The van der Waals surface area contributed by atoms with E-state index in [2.05, 4.69) is 13.5 Å². The molecule has 1 unspecified atom stereocenters. The van der Waals surface area contributed by atoms with Crippen molar-refractivity contribution in [3.63, 3.8) is 0 Å². The van der Waals surface area contributed by atoms with Crippen molar-refractivity contribution in [2.45, 2.75) is 71.1 Å². The van der Waals surface area contributed by atoms with Crippen molar-refractivity contribution >= 4 is 13.8 Å². The van der Waals surface area contributed by atoms with E-state index >= 15 is 0 Å². The lowest BCUT2D eigenvalue weighted by molar-refractivity contribution is -0.137. The Kier molecular flexibility index (Phi) is 15.4. The maximum Gasteiger partial charge on any atom is 0.472 e. The molecule has 0 aromatic heterocycles. The van der Waals surface area contributed by atoms with Gasteiger partial charge in [-0.3, -0.25) is 9.05 Å². The predicted molar refractivity (Wildman–Crippen MR) is 94.7 cm³/mol. The molecule has 0 fully saturated rings. The van der Waals surface area contributed by atoms with Gasteiger partial charge >= 0.3 is 13.8 Å².